The van der Waals surface area contributed by atoms with Gasteiger partial charge in [-0.3, -0.25) is 9.48 Å². The Hall–Kier alpha value is -2.88. The summed E-state index contributed by atoms with van der Waals surface area (Å²) in [6, 6.07) is 6.31. The minimum absolute atomic E-state index is 0.0376. The van der Waals surface area contributed by atoms with Crippen LogP contribution in [0.2, 0.25) is 23.2 Å². The molecule has 0 unspecified atom stereocenters. The van der Waals surface area contributed by atoms with E-state index in [4.69, 9.17) is 25.5 Å². The van der Waals surface area contributed by atoms with E-state index in [-0.39, 0.29) is 29.4 Å². The first kappa shape index (κ1) is 33.3. The molecule has 1 N–H and O–H groups in total. The van der Waals surface area contributed by atoms with Gasteiger partial charge < -0.3 is 19.2 Å². The Balaban J connectivity index is 2.15. The zero-order valence-corrected chi connectivity index (χ0v) is 26.9. The van der Waals surface area contributed by atoms with Crippen molar-refractivity contribution in [3.05, 3.63) is 65.0 Å². The molecule has 0 radical (unpaired) electrons. The molecule has 220 valence electrons. The minimum Gasteiger partial charge on any atom is -0.495 e. The molecular formula is C30H44ClN3O5Si. The highest BCUT2D eigenvalue weighted by molar-refractivity contribution is 6.74. The smallest absolute Gasteiger partial charge is 0.328 e. The number of nitrogens with zero attached hydrogens (tertiary/aromatic N) is 2. The van der Waals surface area contributed by atoms with Crippen molar-refractivity contribution in [1.82, 2.24) is 15.1 Å². The lowest BCUT2D eigenvalue weighted by molar-refractivity contribution is -0.144. The summed E-state index contributed by atoms with van der Waals surface area (Å²) in [5.74, 6) is -0.314. The van der Waals surface area contributed by atoms with Crippen LogP contribution >= 0.6 is 11.6 Å². The summed E-state index contributed by atoms with van der Waals surface area (Å²) < 4.78 is 18.7. The van der Waals surface area contributed by atoms with E-state index in [9.17, 15) is 9.59 Å². The second kappa shape index (κ2) is 14.7. The summed E-state index contributed by atoms with van der Waals surface area (Å²) >= 11 is 6.23. The van der Waals surface area contributed by atoms with Crippen LogP contribution in [0.5, 0.6) is 5.75 Å². The molecule has 40 heavy (non-hydrogen) atoms. The van der Waals surface area contributed by atoms with Gasteiger partial charge in [0, 0.05) is 19.7 Å². The van der Waals surface area contributed by atoms with Crippen LogP contribution in [0, 0.1) is 5.92 Å². The molecule has 3 atom stereocenters. The second-order valence-electron chi connectivity index (χ2n) is 11.4. The first-order valence-electron chi connectivity index (χ1n) is 13.4. The predicted molar refractivity (Wildman–Crippen MR) is 163 cm³/mol. The lowest BCUT2D eigenvalue weighted by Crippen LogP contribution is -2.45. The van der Waals surface area contributed by atoms with Crippen LogP contribution in [0.4, 0.5) is 0 Å². The van der Waals surface area contributed by atoms with Crippen molar-refractivity contribution in [3.63, 3.8) is 0 Å². The van der Waals surface area contributed by atoms with Crippen LogP contribution in [0.25, 0.3) is 6.08 Å². The van der Waals surface area contributed by atoms with Gasteiger partial charge in [-0.2, -0.15) is 5.10 Å². The molecule has 0 aliphatic rings. The predicted octanol–water partition coefficient (Wildman–Crippen LogP) is 5.97. The molecule has 0 saturated carbocycles. The number of esters is 1. The fraction of sp³-hybridized carbons (Fsp3) is 0.500. The highest BCUT2D eigenvalue weighted by Crippen LogP contribution is 2.38. The lowest BCUT2D eigenvalue weighted by Gasteiger charge is -2.40. The van der Waals surface area contributed by atoms with Gasteiger partial charge in [-0.25, -0.2) is 4.79 Å². The van der Waals surface area contributed by atoms with Crippen molar-refractivity contribution in [2.75, 3.05) is 14.2 Å². The average molecular weight is 590 g/mol. The number of rotatable bonds is 13. The number of aryl methyl sites for hydroxylation is 1. The summed E-state index contributed by atoms with van der Waals surface area (Å²) in [5, 5.41) is 7.44. The monoisotopic (exact) mass is 589 g/mol. The molecule has 0 bridgehead atoms. The van der Waals surface area contributed by atoms with Gasteiger partial charge in [-0.15, -0.1) is 0 Å². The Morgan fingerprint density at radius 3 is 2.45 bits per heavy atom. The molecule has 0 aliphatic heterocycles. The topological polar surface area (TPSA) is 91.7 Å². The number of hydrogen-bond acceptors (Lipinski definition) is 6. The normalized spacial score (nSPS) is 14.8. The molecule has 10 heteroatoms. The van der Waals surface area contributed by atoms with E-state index in [2.05, 4.69) is 57.3 Å². The molecule has 0 spiro atoms. The van der Waals surface area contributed by atoms with Gasteiger partial charge in [0.25, 0.3) is 0 Å². The van der Waals surface area contributed by atoms with E-state index >= 15 is 0 Å². The Bertz CT molecular complexity index is 1200. The number of carbonyl (C=O) groups is 2. The van der Waals surface area contributed by atoms with Crippen LogP contribution < -0.4 is 10.1 Å². The summed E-state index contributed by atoms with van der Waals surface area (Å²) in [6.07, 6.45) is 9.82. The first-order valence-corrected chi connectivity index (χ1v) is 16.7. The standard InChI is InChI=1S/C30H44ClN3O5Si/c1-21(13-15-23-17-18-32-34(23)5)26(39-40(8,9)30(2,3)4)11-10-12-28(35)33-25(29(36)38-7)20-22-14-16-27(37-6)24(31)19-22/h10,12-19,21,25-26H,11,20H2,1-9H3,(H,33,35)/b12-10+,15-13+/t21-,25-,26+/m1/s1. The fourth-order valence-corrected chi connectivity index (χ4v) is 5.49. The van der Waals surface area contributed by atoms with Crippen LogP contribution in [-0.2, 0) is 32.2 Å². The number of hydrogen-bond donors (Lipinski definition) is 1. The van der Waals surface area contributed by atoms with Crippen molar-refractivity contribution in [3.8, 4) is 5.75 Å². The summed E-state index contributed by atoms with van der Waals surface area (Å²) in [6.45, 7) is 13.2. The van der Waals surface area contributed by atoms with E-state index in [0.717, 1.165) is 11.3 Å². The van der Waals surface area contributed by atoms with E-state index in [1.807, 2.05) is 23.9 Å². The zero-order chi connectivity index (χ0) is 30.1. The molecule has 0 aliphatic carbocycles. The van der Waals surface area contributed by atoms with Crippen LogP contribution in [-0.4, -0.2) is 56.3 Å². The number of ether oxygens (including phenoxy) is 2. The molecule has 0 saturated heterocycles. The molecule has 1 aromatic carbocycles. The SMILES string of the molecule is COC(=O)[C@@H](Cc1ccc(OC)c(Cl)c1)NC(=O)/C=C/C[C@H](O[Si](C)(C)C(C)(C)C)[C@H](C)/C=C/c1ccnn1C. The van der Waals surface area contributed by atoms with Crippen molar-refractivity contribution in [2.45, 2.75) is 70.8 Å². The third-order valence-electron chi connectivity index (χ3n) is 7.36. The van der Waals surface area contributed by atoms with Gasteiger partial charge >= 0.3 is 5.97 Å². The van der Waals surface area contributed by atoms with Gasteiger partial charge in [-0.1, -0.05) is 57.5 Å². The Morgan fingerprint density at radius 1 is 1.20 bits per heavy atom. The number of aromatic nitrogens is 2. The van der Waals surface area contributed by atoms with Crippen molar-refractivity contribution >= 4 is 37.9 Å². The Labute approximate surface area is 244 Å². The molecule has 0 fully saturated rings. The number of methoxy groups -OCH3 is 2. The van der Waals surface area contributed by atoms with E-state index < -0.39 is 20.3 Å². The minimum atomic E-state index is -2.08. The Morgan fingerprint density at radius 2 is 1.90 bits per heavy atom. The van der Waals surface area contributed by atoms with Crippen molar-refractivity contribution in [2.24, 2.45) is 13.0 Å². The largest absolute Gasteiger partial charge is 0.495 e. The highest BCUT2D eigenvalue weighted by atomic mass is 35.5. The quantitative estimate of drug-likeness (QED) is 0.176. The van der Waals surface area contributed by atoms with E-state index in [1.165, 1.54) is 20.3 Å². The summed E-state index contributed by atoms with van der Waals surface area (Å²) in [7, 11) is 2.65. The lowest BCUT2D eigenvalue weighted by atomic mass is 10.0. The van der Waals surface area contributed by atoms with Crippen LogP contribution in [0.1, 0.15) is 45.4 Å². The number of nitrogens with one attached hydrogen (secondary N) is 1. The Kier molecular flexibility index (Phi) is 12.2. The van der Waals surface area contributed by atoms with Crippen LogP contribution in [0.15, 0.2) is 48.7 Å². The van der Waals surface area contributed by atoms with E-state index in [1.54, 1.807) is 30.5 Å². The molecular weight excluding hydrogens is 546 g/mol. The van der Waals surface area contributed by atoms with Crippen LogP contribution in [0.3, 0.4) is 0 Å². The van der Waals surface area contributed by atoms with Gasteiger partial charge in [-0.05, 0) is 66.4 Å². The molecule has 8 nitrogen and oxygen atoms in total. The first-order chi connectivity index (χ1) is 18.7. The van der Waals surface area contributed by atoms with Gasteiger partial charge in [0.05, 0.1) is 31.0 Å². The van der Waals surface area contributed by atoms with Gasteiger partial charge in [0.2, 0.25) is 5.91 Å². The van der Waals surface area contributed by atoms with Gasteiger partial charge in [0.1, 0.15) is 11.8 Å². The van der Waals surface area contributed by atoms with Gasteiger partial charge in [0.15, 0.2) is 8.32 Å². The zero-order valence-electron chi connectivity index (χ0n) is 25.2. The van der Waals surface area contributed by atoms with E-state index in [0.29, 0.717) is 17.2 Å². The fourth-order valence-electron chi connectivity index (χ4n) is 3.78. The summed E-state index contributed by atoms with van der Waals surface area (Å²) in [5.41, 5.74) is 1.77. The third-order valence-corrected chi connectivity index (χ3v) is 12.2. The molecule has 1 aromatic heterocycles. The number of amides is 1. The maximum absolute atomic E-state index is 12.8. The summed E-state index contributed by atoms with van der Waals surface area (Å²) in [4.78, 5) is 25.3. The van der Waals surface area contributed by atoms with Crippen molar-refractivity contribution < 1.29 is 23.5 Å². The average Bonchev–Trinajstić information content (AvgIpc) is 3.29. The molecule has 2 rings (SSSR count). The van der Waals surface area contributed by atoms with Crippen molar-refractivity contribution in [1.29, 1.82) is 0 Å². The maximum Gasteiger partial charge on any atom is 0.328 e. The number of benzene rings is 1. The number of halogens is 1. The maximum atomic E-state index is 12.8. The number of carbonyl (C=O) groups excluding carboxylic acids is 2. The highest BCUT2D eigenvalue weighted by Gasteiger charge is 2.39. The molecule has 1 heterocycles. The second-order valence-corrected chi connectivity index (χ2v) is 16.6. The molecule has 1 amide bonds. The third kappa shape index (κ3) is 9.64. The molecule has 2 aromatic rings.